The number of carbonyl (C=O) groups excluding carboxylic acids is 2. The van der Waals surface area contributed by atoms with Gasteiger partial charge in [0.2, 0.25) is 0 Å². The number of aryl methyl sites for hydroxylation is 1. The summed E-state index contributed by atoms with van der Waals surface area (Å²) < 4.78 is 4.73. The zero-order valence-electron chi connectivity index (χ0n) is 15.2. The first-order chi connectivity index (χ1) is 13.0. The second kappa shape index (κ2) is 8.19. The summed E-state index contributed by atoms with van der Waals surface area (Å²) in [5.74, 6) is -0.533. The van der Waals surface area contributed by atoms with Crippen LogP contribution < -0.4 is 10.6 Å². The number of ether oxygens (including phenoxy) is 1. The second-order valence-electron chi connectivity index (χ2n) is 6.09. The topological polar surface area (TPSA) is 67.4 Å². The molecule has 0 aromatic heterocycles. The number of methoxy groups -OCH3 is 1. The highest BCUT2D eigenvalue weighted by Gasteiger charge is 2.07. The molecule has 5 nitrogen and oxygen atoms in total. The van der Waals surface area contributed by atoms with Crippen LogP contribution in [0.4, 0.5) is 17.1 Å². The molecule has 0 saturated heterocycles. The maximum Gasteiger partial charge on any atom is 0.337 e. The molecule has 0 saturated carbocycles. The Balaban J connectivity index is 1.66. The highest BCUT2D eigenvalue weighted by atomic mass is 16.5. The van der Waals surface area contributed by atoms with Gasteiger partial charge in [-0.3, -0.25) is 4.79 Å². The van der Waals surface area contributed by atoms with Crippen LogP contribution in [0.1, 0.15) is 26.3 Å². The van der Waals surface area contributed by atoms with Crippen molar-refractivity contribution in [3.63, 3.8) is 0 Å². The van der Waals surface area contributed by atoms with E-state index in [2.05, 4.69) is 10.6 Å². The summed E-state index contributed by atoms with van der Waals surface area (Å²) in [6.07, 6.45) is 0. The zero-order valence-corrected chi connectivity index (χ0v) is 15.2. The minimum atomic E-state index is -0.382. The number of hydrogen-bond donors (Lipinski definition) is 2. The van der Waals surface area contributed by atoms with Crippen LogP contribution in [0.25, 0.3) is 0 Å². The second-order valence-corrected chi connectivity index (χ2v) is 6.09. The lowest BCUT2D eigenvalue weighted by Gasteiger charge is -2.10. The third-order valence-corrected chi connectivity index (χ3v) is 4.03. The van der Waals surface area contributed by atoms with E-state index in [4.69, 9.17) is 4.74 Å². The SMILES string of the molecule is COC(=O)c1cccc(Nc2ccc(NC(=O)c3ccc(C)cc3)cc2)c1. The van der Waals surface area contributed by atoms with E-state index in [0.717, 1.165) is 16.9 Å². The molecule has 5 heteroatoms. The van der Waals surface area contributed by atoms with Crippen molar-refractivity contribution >= 4 is 28.9 Å². The van der Waals surface area contributed by atoms with E-state index in [9.17, 15) is 9.59 Å². The molecule has 0 radical (unpaired) electrons. The average Bonchev–Trinajstić information content (AvgIpc) is 2.69. The van der Waals surface area contributed by atoms with Gasteiger partial charge in [-0.2, -0.15) is 0 Å². The molecular formula is C22H20N2O3. The molecule has 0 spiro atoms. The van der Waals surface area contributed by atoms with Crippen molar-refractivity contribution in [2.75, 3.05) is 17.7 Å². The molecular weight excluding hydrogens is 340 g/mol. The monoisotopic (exact) mass is 360 g/mol. The van der Waals surface area contributed by atoms with E-state index >= 15 is 0 Å². The van der Waals surface area contributed by atoms with Crippen molar-refractivity contribution in [1.82, 2.24) is 0 Å². The summed E-state index contributed by atoms with van der Waals surface area (Å²) in [5.41, 5.74) is 4.51. The first kappa shape index (κ1) is 18.2. The number of nitrogens with one attached hydrogen (secondary N) is 2. The molecule has 3 aromatic carbocycles. The van der Waals surface area contributed by atoms with E-state index in [1.807, 2.05) is 49.4 Å². The quantitative estimate of drug-likeness (QED) is 0.643. The van der Waals surface area contributed by atoms with E-state index in [1.54, 1.807) is 30.3 Å². The number of rotatable bonds is 5. The Morgan fingerprint density at radius 3 is 2.11 bits per heavy atom. The first-order valence-corrected chi connectivity index (χ1v) is 8.48. The lowest BCUT2D eigenvalue weighted by Crippen LogP contribution is -2.11. The van der Waals surface area contributed by atoms with Gasteiger partial charge in [0.25, 0.3) is 5.91 Å². The Hall–Kier alpha value is -3.60. The van der Waals surface area contributed by atoms with Gasteiger partial charge in [-0.05, 0) is 61.5 Å². The van der Waals surface area contributed by atoms with Gasteiger partial charge in [0.1, 0.15) is 0 Å². The molecule has 3 rings (SSSR count). The van der Waals surface area contributed by atoms with Crippen LogP contribution in [-0.2, 0) is 4.74 Å². The number of amides is 1. The Labute approximate surface area is 158 Å². The fourth-order valence-corrected chi connectivity index (χ4v) is 2.55. The molecule has 3 aromatic rings. The van der Waals surface area contributed by atoms with Gasteiger partial charge in [0.05, 0.1) is 12.7 Å². The summed E-state index contributed by atoms with van der Waals surface area (Å²) in [5, 5.41) is 6.09. The predicted molar refractivity (Wildman–Crippen MR) is 107 cm³/mol. The third kappa shape index (κ3) is 4.73. The maximum atomic E-state index is 12.3. The lowest BCUT2D eigenvalue weighted by atomic mass is 10.1. The Morgan fingerprint density at radius 2 is 1.44 bits per heavy atom. The van der Waals surface area contributed by atoms with Gasteiger partial charge in [0, 0.05) is 22.6 Å². The van der Waals surface area contributed by atoms with E-state index in [-0.39, 0.29) is 11.9 Å². The number of esters is 1. The smallest absolute Gasteiger partial charge is 0.337 e. The van der Waals surface area contributed by atoms with Crippen molar-refractivity contribution in [1.29, 1.82) is 0 Å². The molecule has 0 atom stereocenters. The molecule has 0 fully saturated rings. The normalized spacial score (nSPS) is 10.1. The Bertz CT molecular complexity index is 948. The zero-order chi connectivity index (χ0) is 19.2. The fraction of sp³-hybridized carbons (Fsp3) is 0.0909. The third-order valence-electron chi connectivity index (χ3n) is 4.03. The van der Waals surface area contributed by atoms with Gasteiger partial charge in [0.15, 0.2) is 0 Å². The first-order valence-electron chi connectivity index (χ1n) is 8.48. The van der Waals surface area contributed by atoms with Crippen molar-refractivity contribution < 1.29 is 14.3 Å². The van der Waals surface area contributed by atoms with Gasteiger partial charge < -0.3 is 15.4 Å². The van der Waals surface area contributed by atoms with Crippen molar-refractivity contribution in [2.24, 2.45) is 0 Å². The molecule has 0 aliphatic carbocycles. The van der Waals surface area contributed by atoms with Crippen LogP contribution in [0.15, 0.2) is 72.8 Å². The summed E-state index contributed by atoms with van der Waals surface area (Å²) in [7, 11) is 1.35. The number of benzene rings is 3. The van der Waals surface area contributed by atoms with Gasteiger partial charge in [-0.1, -0.05) is 23.8 Å². The number of carbonyl (C=O) groups is 2. The van der Waals surface area contributed by atoms with Gasteiger partial charge in [-0.25, -0.2) is 4.79 Å². The summed E-state index contributed by atoms with van der Waals surface area (Å²) in [4.78, 5) is 23.9. The molecule has 2 N–H and O–H groups in total. The average molecular weight is 360 g/mol. The summed E-state index contributed by atoms with van der Waals surface area (Å²) in [6, 6.07) is 21.8. The van der Waals surface area contributed by atoms with E-state index < -0.39 is 0 Å². The van der Waals surface area contributed by atoms with Gasteiger partial charge in [-0.15, -0.1) is 0 Å². The molecule has 0 bridgehead atoms. The van der Waals surface area contributed by atoms with Crippen LogP contribution in [0.3, 0.4) is 0 Å². The summed E-state index contributed by atoms with van der Waals surface area (Å²) >= 11 is 0. The maximum absolute atomic E-state index is 12.3. The minimum absolute atomic E-state index is 0.151. The van der Waals surface area contributed by atoms with Gasteiger partial charge >= 0.3 is 5.97 Å². The molecule has 27 heavy (non-hydrogen) atoms. The standard InChI is InChI=1S/C22H20N2O3/c1-15-6-8-16(9-7-15)21(25)24-19-12-10-18(11-13-19)23-20-5-3-4-17(14-20)22(26)27-2/h3-14,23H,1-2H3,(H,24,25). The van der Waals surface area contributed by atoms with Crippen molar-refractivity contribution in [3.05, 3.63) is 89.5 Å². The van der Waals surface area contributed by atoms with Crippen LogP contribution >= 0.6 is 0 Å². The van der Waals surface area contributed by atoms with Crippen molar-refractivity contribution in [2.45, 2.75) is 6.92 Å². The van der Waals surface area contributed by atoms with E-state index in [0.29, 0.717) is 16.8 Å². The largest absolute Gasteiger partial charge is 0.465 e. The van der Waals surface area contributed by atoms with Crippen LogP contribution in [-0.4, -0.2) is 19.0 Å². The number of hydrogen-bond acceptors (Lipinski definition) is 4. The number of anilines is 3. The van der Waals surface area contributed by atoms with Crippen LogP contribution in [0.2, 0.25) is 0 Å². The summed E-state index contributed by atoms with van der Waals surface area (Å²) in [6.45, 7) is 1.98. The highest BCUT2D eigenvalue weighted by molar-refractivity contribution is 6.04. The van der Waals surface area contributed by atoms with Crippen LogP contribution in [0.5, 0.6) is 0 Å². The molecule has 0 unspecified atom stereocenters. The minimum Gasteiger partial charge on any atom is -0.465 e. The molecule has 0 heterocycles. The fourth-order valence-electron chi connectivity index (χ4n) is 2.55. The highest BCUT2D eigenvalue weighted by Crippen LogP contribution is 2.20. The molecule has 0 aliphatic heterocycles. The van der Waals surface area contributed by atoms with Crippen molar-refractivity contribution in [3.8, 4) is 0 Å². The predicted octanol–water partition coefficient (Wildman–Crippen LogP) is 4.78. The molecule has 0 aliphatic rings. The lowest BCUT2D eigenvalue weighted by molar-refractivity contribution is 0.0600. The Morgan fingerprint density at radius 1 is 0.778 bits per heavy atom. The molecule has 1 amide bonds. The Kier molecular flexibility index (Phi) is 5.52. The molecule has 136 valence electrons. The van der Waals surface area contributed by atoms with Crippen LogP contribution in [0, 0.1) is 6.92 Å². The van der Waals surface area contributed by atoms with E-state index in [1.165, 1.54) is 7.11 Å².